The van der Waals surface area contributed by atoms with Gasteiger partial charge in [-0.05, 0) is 77.6 Å². The summed E-state index contributed by atoms with van der Waals surface area (Å²) in [6, 6.07) is 13.5. The number of hydrogen-bond acceptors (Lipinski definition) is 6. The average Bonchev–Trinajstić information content (AvgIpc) is 3.00. The minimum absolute atomic E-state index is 0.197. The predicted molar refractivity (Wildman–Crippen MR) is 191 cm³/mol. The third-order valence-corrected chi connectivity index (χ3v) is 7.45. The third-order valence-electron chi connectivity index (χ3n) is 7.45. The van der Waals surface area contributed by atoms with E-state index in [0.29, 0.717) is 12.0 Å². The maximum Gasteiger partial charge on any atom is 0.408 e. The smallest absolute Gasteiger partial charge is 0.408 e. The van der Waals surface area contributed by atoms with Gasteiger partial charge in [0.1, 0.15) is 29.3 Å². The van der Waals surface area contributed by atoms with E-state index in [-0.39, 0.29) is 13.0 Å². The molecule has 0 saturated carbocycles. The molecule has 264 valence electrons. The molecule has 0 saturated heterocycles. The second-order valence-electron chi connectivity index (χ2n) is 14.2. The average molecular weight is 664 g/mol. The topological polar surface area (TPSA) is 114 Å². The van der Waals surface area contributed by atoms with Crippen LogP contribution in [0.15, 0.2) is 61.2 Å². The van der Waals surface area contributed by atoms with E-state index in [2.05, 4.69) is 24.1 Å². The number of nitrogens with zero attached hydrogens (tertiary/aromatic N) is 1. The van der Waals surface area contributed by atoms with Gasteiger partial charge >= 0.3 is 12.1 Å². The number of unbranched alkanes of at least 4 members (excludes halogenated alkanes) is 5. The van der Waals surface area contributed by atoms with Crippen molar-refractivity contribution >= 4 is 30.0 Å². The Balaban J connectivity index is 2.56. The molecule has 2 N–H and O–H groups in total. The number of benzene rings is 2. The summed E-state index contributed by atoms with van der Waals surface area (Å²) in [4.78, 5) is 56.5. The van der Waals surface area contributed by atoms with Crippen LogP contribution in [0, 0.1) is 0 Å². The Labute approximate surface area is 287 Å². The molecule has 0 aliphatic carbocycles. The fraction of sp³-hybridized carbons (Fsp3) is 0.538. The van der Waals surface area contributed by atoms with E-state index >= 15 is 0 Å². The molecule has 48 heavy (non-hydrogen) atoms. The number of esters is 1. The Morgan fingerprint density at radius 3 is 2.06 bits per heavy atom. The highest BCUT2D eigenvalue weighted by Gasteiger charge is 2.37. The van der Waals surface area contributed by atoms with Crippen LogP contribution in [-0.2, 0) is 30.3 Å². The lowest BCUT2D eigenvalue weighted by molar-refractivity contribution is -0.159. The molecule has 0 spiro atoms. The molecule has 0 aliphatic rings. The van der Waals surface area contributed by atoms with Crippen LogP contribution in [0.3, 0.4) is 0 Å². The normalized spacial score (nSPS) is 13.4. The number of rotatable bonds is 17. The lowest BCUT2D eigenvalue weighted by Gasteiger charge is -2.35. The van der Waals surface area contributed by atoms with Crippen molar-refractivity contribution in [2.75, 3.05) is 6.54 Å². The van der Waals surface area contributed by atoms with E-state index in [0.717, 1.165) is 43.2 Å². The van der Waals surface area contributed by atoms with Gasteiger partial charge in [-0.3, -0.25) is 9.59 Å². The Bertz CT molecular complexity index is 1350. The first kappa shape index (κ1) is 40.0. The Morgan fingerprint density at radius 2 is 1.46 bits per heavy atom. The van der Waals surface area contributed by atoms with Gasteiger partial charge in [-0.2, -0.15) is 0 Å². The highest BCUT2D eigenvalue weighted by molar-refractivity contribution is 5.94. The van der Waals surface area contributed by atoms with Crippen molar-refractivity contribution < 1.29 is 28.7 Å². The highest BCUT2D eigenvalue weighted by Crippen LogP contribution is 2.26. The SMILES string of the molecule is C=Cc1cccc(C(C(=O)NC(Cc2ccccc2)C(=O)OC(C)(C)C)N(CCCCCCCC)C(=O)C(C)NC(=O)OC(C)(C)C)c1. The van der Waals surface area contributed by atoms with Crippen LogP contribution in [0.25, 0.3) is 6.08 Å². The zero-order chi connectivity index (χ0) is 35.9. The predicted octanol–water partition coefficient (Wildman–Crippen LogP) is 7.54. The Morgan fingerprint density at radius 1 is 0.833 bits per heavy atom. The van der Waals surface area contributed by atoms with Crippen LogP contribution in [0.2, 0.25) is 0 Å². The van der Waals surface area contributed by atoms with Crippen LogP contribution < -0.4 is 10.6 Å². The number of ether oxygens (including phenoxy) is 2. The van der Waals surface area contributed by atoms with Crippen molar-refractivity contribution in [1.29, 1.82) is 0 Å². The first-order valence-corrected chi connectivity index (χ1v) is 17.1. The van der Waals surface area contributed by atoms with E-state index in [1.807, 2.05) is 42.5 Å². The standard InChI is InChI=1S/C39H57N3O6/c1-10-12-13-14-15-19-25-42(35(44)28(3)40-37(46)48-39(7,8)9)33(31-24-20-23-29(11-2)26-31)34(43)41-32(36(45)47-38(4,5)6)27-30-21-17-16-18-22-30/h11,16-18,20-24,26,28,32-33H,2,10,12-15,19,25,27H2,1,3-9H3,(H,40,46)(H,41,43). The molecule has 0 heterocycles. The minimum Gasteiger partial charge on any atom is -0.458 e. The van der Waals surface area contributed by atoms with Crippen molar-refractivity contribution in [2.45, 2.75) is 130 Å². The number of alkyl carbamates (subject to hydrolysis) is 1. The lowest BCUT2D eigenvalue weighted by atomic mass is 9.98. The summed E-state index contributed by atoms with van der Waals surface area (Å²) in [5, 5.41) is 5.59. The molecule has 3 atom stereocenters. The summed E-state index contributed by atoms with van der Waals surface area (Å²) in [7, 11) is 0. The van der Waals surface area contributed by atoms with Gasteiger partial charge in [0.05, 0.1) is 0 Å². The number of carbonyl (C=O) groups is 4. The van der Waals surface area contributed by atoms with Crippen LogP contribution in [0.4, 0.5) is 4.79 Å². The van der Waals surface area contributed by atoms with Crippen molar-refractivity contribution in [3.05, 3.63) is 77.9 Å². The first-order valence-electron chi connectivity index (χ1n) is 17.1. The van der Waals surface area contributed by atoms with Crippen molar-refractivity contribution in [3.63, 3.8) is 0 Å². The molecule has 0 radical (unpaired) electrons. The lowest BCUT2D eigenvalue weighted by Crippen LogP contribution is -2.54. The van der Waals surface area contributed by atoms with E-state index in [4.69, 9.17) is 9.47 Å². The van der Waals surface area contributed by atoms with E-state index in [1.165, 1.54) is 4.90 Å². The summed E-state index contributed by atoms with van der Waals surface area (Å²) < 4.78 is 11.1. The van der Waals surface area contributed by atoms with Crippen molar-refractivity contribution in [3.8, 4) is 0 Å². The van der Waals surface area contributed by atoms with Crippen LogP contribution in [0.5, 0.6) is 0 Å². The fourth-order valence-corrected chi connectivity index (χ4v) is 5.22. The second kappa shape index (κ2) is 19.0. The van der Waals surface area contributed by atoms with Crippen molar-refractivity contribution in [2.24, 2.45) is 0 Å². The van der Waals surface area contributed by atoms with Gasteiger partial charge in [-0.25, -0.2) is 9.59 Å². The monoisotopic (exact) mass is 663 g/mol. The fourth-order valence-electron chi connectivity index (χ4n) is 5.22. The molecule has 9 heteroatoms. The quantitative estimate of drug-likeness (QED) is 0.134. The molecule has 0 bridgehead atoms. The van der Waals surface area contributed by atoms with E-state index < -0.39 is 53.2 Å². The largest absolute Gasteiger partial charge is 0.458 e. The summed E-state index contributed by atoms with van der Waals surface area (Å²) in [6.45, 7) is 18.4. The molecule has 2 rings (SSSR count). The third kappa shape index (κ3) is 14.3. The Kier molecular flexibility index (Phi) is 15.9. The number of amides is 3. The van der Waals surface area contributed by atoms with E-state index in [1.54, 1.807) is 66.7 Å². The van der Waals surface area contributed by atoms with Gasteiger partial charge in [-0.15, -0.1) is 0 Å². The molecular formula is C39H57N3O6. The molecule has 2 aromatic carbocycles. The first-order chi connectivity index (χ1) is 22.5. The van der Waals surface area contributed by atoms with Crippen LogP contribution in [-0.4, -0.2) is 58.6 Å². The number of hydrogen-bond donors (Lipinski definition) is 2. The van der Waals surface area contributed by atoms with E-state index in [9.17, 15) is 19.2 Å². The van der Waals surface area contributed by atoms with Gasteiger partial charge in [0.25, 0.3) is 0 Å². The van der Waals surface area contributed by atoms with Gasteiger partial charge in [0.15, 0.2) is 0 Å². The van der Waals surface area contributed by atoms with Gasteiger partial charge in [-0.1, -0.05) is 100 Å². The summed E-state index contributed by atoms with van der Waals surface area (Å²) in [5.41, 5.74) is 0.626. The molecule has 9 nitrogen and oxygen atoms in total. The molecule has 2 aromatic rings. The Hall–Kier alpha value is -4.14. The zero-order valence-corrected chi connectivity index (χ0v) is 30.3. The van der Waals surface area contributed by atoms with Gasteiger partial charge < -0.3 is 25.0 Å². The number of nitrogens with one attached hydrogen (secondary N) is 2. The van der Waals surface area contributed by atoms with Crippen molar-refractivity contribution in [1.82, 2.24) is 15.5 Å². The molecule has 0 fully saturated rings. The minimum atomic E-state index is -1.11. The van der Waals surface area contributed by atoms with Crippen LogP contribution >= 0.6 is 0 Å². The molecule has 0 aliphatic heterocycles. The van der Waals surface area contributed by atoms with Crippen LogP contribution in [0.1, 0.15) is 117 Å². The maximum atomic E-state index is 14.5. The molecule has 3 unspecified atom stereocenters. The summed E-state index contributed by atoms with van der Waals surface area (Å²) in [6.07, 6.45) is 6.99. The maximum absolute atomic E-state index is 14.5. The summed E-state index contributed by atoms with van der Waals surface area (Å²) in [5.74, 6) is -1.56. The van der Waals surface area contributed by atoms with Gasteiger partial charge in [0.2, 0.25) is 11.8 Å². The molecule has 0 aromatic heterocycles. The number of carbonyl (C=O) groups excluding carboxylic acids is 4. The highest BCUT2D eigenvalue weighted by atomic mass is 16.6. The second-order valence-corrected chi connectivity index (χ2v) is 14.2. The zero-order valence-electron chi connectivity index (χ0n) is 30.3. The van der Waals surface area contributed by atoms with Gasteiger partial charge in [0, 0.05) is 13.0 Å². The summed E-state index contributed by atoms with van der Waals surface area (Å²) >= 11 is 0. The molecular weight excluding hydrogens is 606 g/mol. The molecule has 3 amide bonds.